The summed E-state index contributed by atoms with van der Waals surface area (Å²) in [5, 5.41) is 0. The number of carbonyl (C=O) groups excluding carboxylic acids is 1. The van der Waals surface area contributed by atoms with Crippen LogP contribution in [-0.4, -0.2) is 28.5 Å². The van der Waals surface area contributed by atoms with Gasteiger partial charge in [-0.15, -0.1) is 0 Å². The van der Waals surface area contributed by atoms with E-state index in [1.165, 1.54) is 0 Å². The fraction of sp³-hybridized carbons (Fsp3) is 0.375. The van der Waals surface area contributed by atoms with Crippen molar-refractivity contribution < 1.29 is 18.0 Å². The molecule has 128 valence electrons. The van der Waals surface area contributed by atoms with Gasteiger partial charge < -0.3 is 15.2 Å². The Hall–Kier alpha value is -2.35. The molecule has 5 nitrogen and oxygen atoms in total. The molecule has 0 radical (unpaired) electrons. The number of amides is 1. The van der Waals surface area contributed by atoms with Crippen molar-refractivity contribution in [2.24, 2.45) is 5.73 Å². The van der Waals surface area contributed by atoms with Crippen LogP contribution in [0.2, 0.25) is 0 Å². The van der Waals surface area contributed by atoms with Gasteiger partial charge in [0.1, 0.15) is 6.54 Å². The maximum Gasteiger partial charge on any atom is 0.434 e. The van der Waals surface area contributed by atoms with Crippen molar-refractivity contribution in [3.63, 3.8) is 0 Å². The lowest BCUT2D eigenvalue weighted by Gasteiger charge is -2.18. The standard InChI is InChI=1S/C16H17F3N4O/c17-16(18,19)14-8-22(10-21-14)9-15(24)23-7-11(5-6-20)12-3-1-2-4-13(12)23/h1-4,8,10-11H,5-7,9,20H2. The Morgan fingerprint density at radius 3 is 2.75 bits per heavy atom. The zero-order valence-electron chi connectivity index (χ0n) is 12.8. The lowest BCUT2D eigenvalue weighted by Crippen LogP contribution is -2.33. The molecule has 1 aromatic heterocycles. The highest BCUT2D eigenvalue weighted by atomic mass is 19.4. The molecule has 1 unspecified atom stereocenters. The average molecular weight is 338 g/mol. The van der Waals surface area contributed by atoms with Gasteiger partial charge in [-0.05, 0) is 24.6 Å². The molecule has 2 N–H and O–H groups in total. The topological polar surface area (TPSA) is 64.2 Å². The van der Waals surface area contributed by atoms with Crippen molar-refractivity contribution >= 4 is 11.6 Å². The number of hydrogen-bond acceptors (Lipinski definition) is 3. The van der Waals surface area contributed by atoms with Crippen molar-refractivity contribution in [3.8, 4) is 0 Å². The number of rotatable bonds is 4. The quantitative estimate of drug-likeness (QED) is 0.931. The fourth-order valence-corrected chi connectivity index (χ4v) is 3.01. The molecule has 24 heavy (non-hydrogen) atoms. The Balaban J connectivity index is 1.77. The van der Waals surface area contributed by atoms with Gasteiger partial charge in [0.05, 0.1) is 6.33 Å². The SMILES string of the molecule is NCCC1CN(C(=O)Cn2cnc(C(F)(F)F)c2)c2ccccc21. The first kappa shape index (κ1) is 16.5. The van der Waals surface area contributed by atoms with E-state index in [9.17, 15) is 18.0 Å². The molecule has 0 saturated carbocycles. The maximum absolute atomic E-state index is 12.6. The Labute approximate surface area is 136 Å². The molecule has 1 atom stereocenters. The minimum atomic E-state index is -4.51. The smallest absolute Gasteiger partial charge is 0.330 e. The van der Waals surface area contributed by atoms with Crippen LogP contribution >= 0.6 is 0 Å². The van der Waals surface area contributed by atoms with Crippen LogP contribution < -0.4 is 10.6 Å². The highest BCUT2D eigenvalue weighted by Crippen LogP contribution is 2.37. The number of hydrogen-bond donors (Lipinski definition) is 1. The predicted octanol–water partition coefficient (Wildman–Crippen LogP) is 2.38. The number of anilines is 1. The number of para-hydroxylation sites is 1. The summed E-state index contributed by atoms with van der Waals surface area (Å²) in [6.45, 7) is 0.820. The largest absolute Gasteiger partial charge is 0.434 e. The first-order chi connectivity index (χ1) is 11.4. The van der Waals surface area contributed by atoms with Crippen molar-refractivity contribution in [2.75, 3.05) is 18.0 Å². The molecule has 0 fully saturated rings. The molecule has 2 aromatic rings. The van der Waals surface area contributed by atoms with Gasteiger partial charge in [0.25, 0.3) is 0 Å². The first-order valence-corrected chi connectivity index (χ1v) is 7.58. The van der Waals surface area contributed by atoms with Crippen LogP contribution in [0.25, 0.3) is 0 Å². The number of carbonyl (C=O) groups is 1. The van der Waals surface area contributed by atoms with E-state index in [0.717, 1.165) is 34.8 Å². The molecule has 8 heteroatoms. The van der Waals surface area contributed by atoms with Gasteiger partial charge in [0.15, 0.2) is 5.69 Å². The van der Waals surface area contributed by atoms with Crippen LogP contribution in [0.3, 0.4) is 0 Å². The van der Waals surface area contributed by atoms with E-state index >= 15 is 0 Å². The number of halogens is 3. The Morgan fingerprint density at radius 1 is 1.33 bits per heavy atom. The van der Waals surface area contributed by atoms with Gasteiger partial charge in [0, 0.05) is 24.3 Å². The average Bonchev–Trinajstić information content (AvgIpc) is 3.13. The van der Waals surface area contributed by atoms with E-state index in [1.54, 1.807) is 4.90 Å². The number of imidazole rings is 1. The highest BCUT2D eigenvalue weighted by molar-refractivity contribution is 5.95. The third-order valence-electron chi connectivity index (χ3n) is 4.13. The van der Waals surface area contributed by atoms with E-state index < -0.39 is 11.9 Å². The Kier molecular flexibility index (Phi) is 4.31. The monoisotopic (exact) mass is 338 g/mol. The molecule has 0 aliphatic carbocycles. The second-order valence-corrected chi connectivity index (χ2v) is 5.77. The first-order valence-electron chi connectivity index (χ1n) is 7.58. The van der Waals surface area contributed by atoms with Crippen LogP contribution in [0.15, 0.2) is 36.8 Å². The summed E-state index contributed by atoms with van der Waals surface area (Å²) in [5.41, 5.74) is 6.49. The van der Waals surface area contributed by atoms with Crippen molar-refractivity contribution in [1.82, 2.24) is 9.55 Å². The summed E-state index contributed by atoms with van der Waals surface area (Å²) in [7, 11) is 0. The molecule has 3 rings (SSSR count). The Bertz CT molecular complexity index is 741. The van der Waals surface area contributed by atoms with Crippen LogP contribution in [0, 0.1) is 0 Å². The number of benzene rings is 1. The molecule has 1 aromatic carbocycles. The summed E-state index contributed by atoms with van der Waals surface area (Å²) in [4.78, 5) is 17.5. The van der Waals surface area contributed by atoms with Crippen LogP contribution in [0.5, 0.6) is 0 Å². The molecule has 1 amide bonds. The molecule has 0 saturated heterocycles. The second kappa shape index (κ2) is 6.27. The van der Waals surface area contributed by atoms with Crippen molar-refractivity contribution in [1.29, 1.82) is 0 Å². The van der Waals surface area contributed by atoms with Gasteiger partial charge in [-0.3, -0.25) is 4.79 Å². The fourth-order valence-electron chi connectivity index (χ4n) is 3.01. The predicted molar refractivity (Wildman–Crippen MR) is 82.4 cm³/mol. The van der Waals surface area contributed by atoms with Gasteiger partial charge in [0.2, 0.25) is 5.91 Å². The van der Waals surface area contributed by atoms with Gasteiger partial charge >= 0.3 is 6.18 Å². The van der Waals surface area contributed by atoms with Gasteiger partial charge in [-0.2, -0.15) is 13.2 Å². The zero-order chi connectivity index (χ0) is 17.3. The normalized spacial score (nSPS) is 17.2. The summed E-state index contributed by atoms with van der Waals surface area (Å²) >= 11 is 0. The number of fused-ring (bicyclic) bond motifs is 1. The van der Waals surface area contributed by atoms with E-state index in [2.05, 4.69) is 4.98 Å². The summed E-state index contributed by atoms with van der Waals surface area (Å²) < 4.78 is 38.9. The molecular formula is C16H17F3N4O. The number of aromatic nitrogens is 2. The second-order valence-electron chi connectivity index (χ2n) is 5.77. The number of nitrogens with two attached hydrogens (primary N) is 1. The van der Waals surface area contributed by atoms with E-state index in [-0.39, 0.29) is 18.4 Å². The highest BCUT2D eigenvalue weighted by Gasteiger charge is 2.34. The van der Waals surface area contributed by atoms with Crippen LogP contribution in [0.4, 0.5) is 18.9 Å². The van der Waals surface area contributed by atoms with Crippen LogP contribution in [-0.2, 0) is 17.5 Å². The third kappa shape index (κ3) is 3.14. The van der Waals surface area contributed by atoms with Gasteiger partial charge in [-0.25, -0.2) is 4.98 Å². The summed E-state index contributed by atoms with van der Waals surface area (Å²) in [5.74, 6) is -0.114. The molecule has 0 spiro atoms. The molecule has 2 heterocycles. The molecule has 0 bridgehead atoms. The summed E-state index contributed by atoms with van der Waals surface area (Å²) in [6.07, 6.45) is -1.89. The van der Waals surface area contributed by atoms with Crippen molar-refractivity contribution in [2.45, 2.75) is 25.1 Å². The zero-order valence-corrected chi connectivity index (χ0v) is 12.8. The lowest BCUT2D eigenvalue weighted by molar-refractivity contribution is -0.141. The molecular weight excluding hydrogens is 321 g/mol. The number of alkyl halides is 3. The van der Waals surface area contributed by atoms with Gasteiger partial charge in [-0.1, -0.05) is 18.2 Å². The molecule has 1 aliphatic heterocycles. The van der Waals surface area contributed by atoms with Crippen LogP contribution in [0.1, 0.15) is 23.6 Å². The van der Waals surface area contributed by atoms with Crippen molar-refractivity contribution in [3.05, 3.63) is 48.0 Å². The Morgan fingerprint density at radius 2 is 2.08 bits per heavy atom. The van der Waals surface area contributed by atoms with E-state index in [1.807, 2.05) is 24.3 Å². The minimum absolute atomic E-state index is 0.156. The van der Waals surface area contributed by atoms with E-state index in [0.29, 0.717) is 13.1 Å². The minimum Gasteiger partial charge on any atom is -0.330 e. The number of nitrogens with zero attached hydrogens (tertiary/aromatic N) is 3. The molecule has 1 aliphatic rings. The summed E-state index contributed by atoms with van der Waals surface area (Å²) in [6, 6.07) is 7.55. The lowest BCUT2D eigenvalue weighted by atomic mass is 9.98. The third-order valence-corrected chi connectivity index (χ3v) is 4.13. The maximum atomic E-state index is 12.6. The van der Waals surface area contributed by atoms with E-state index in [4.69, 9.17) is 5.73 Å².